The number of benzene rings is 9. The average Bonchev–Trinajstić information content (AvgIpc) is 4.01. The molecule has 0 saturated carbocycles. The molecule has 0 aromatic heterocycles. The molecule has 0 bridgehead atoms. The number of carbonyl (C=O) groups is 1. The highest BCUT2D eigenvalue weighted by atomic mass is 16.3. The molecule has 1 unspecified atom stereocenters. The summed E-state index contributed by atoms with van der Waals surface area (Å²) in [5, 5.41) is 46.5. The van der Waals surface area contributed by atoms with Crippen LogP contribution >= 0.6 is 0 Å². The molecule has 17 rings (SSSR count). The van der Waals surface area contributed by atoms with Gasteiger partial charge in [-0.3, -0.25) is 4.79 Å². The number of Topliss-reactive ketones (excluding diaryl/α,β-unsaturated/α-hetero) is 1. The lowest BCUT2D eigenvalue weighted by Gasteiger charge is -2.23. The third-order valence-electron chi connectivity index (χ3n) is 15.5. The van der Waals surface area contributed by atoms with E-state index in [1.54, 1.807) is 97.5 Å². The van der Waals surface area contributed by atoms with Crippen molar-refractivity contribution in [3.63, 3.8) is 0 Å². The molecule has 0 heterocycles. The van der Waals surface area contributed by atoms with E-state index in [0.29, 0.717) is 6.42 Å². The largest absolute Gasteiger partial charge is 0.389 e. The van der Waals surface area contributed by atoms with Crippen LogP contribution < -0.4 is 0 Å². The predicted molar refractivity (Wildman–Crippen MR) is 220 cm³/mol. The van der Waals surface area contributed by atoms with Crippen molar-refractivity contribution in [2.45, 2.75) is 44.4 Å². The molecule has 0 amide bonds. The van der Waals surface area contributed by atoms with Crippen molar-refractivity contribution in [1.82, 2.24) is 0 Å². The number of aliphatic hydroxyl groups is 1. The molecular weight excluding hydrogens is 645 g/mol. The maximum absolute atomic E-state index is 12.5. The first kappa shape index (κ1) is 25.2. The van der Waals surface area contributed by atoms with Gasteiger partial charge in [-0.25, -0.2) is 0 Å². The summed E-state index contributed by atoms with van der Waals surface area (Å²) >= 11 is 0. The molecule has 1 atom stereocenters. The highest BCUT2D eigenvalue weighted by molar-refractivity contribution is 6.66. The van der Waals surface area contributed by atoms with Gasteiger partial charge in [0, 0.05) is 12.3 Å². The topological polar surface area (TPSA) is 37.3 Å². The number of carbonyl (C=O) groups excluding carboxylic acids is 1. The minimum Gasteiger partial charge on any atom is -0.389 e. The van der Waals surface area contributed by atoms with E-state index in [1.807, 2.05) is 0 Å². The summed E-state index contributed by atoms with van der Waals surface area (Å²) in [5.74, 6) is 0.0669. The van der Waals surface area contributed by atoms with Crippen LogP contribution in [0.15, 0.2) is 60.7 Å². The molecule has 242 valence electrons. The van der Waals surface area contributed by atoms with Crippen molar-refractivity contribution in [2.24, 2.45) is 0 Å². The fourth-order valence-electron chi connectivity index (χ4n) is 14.2. The summed E-state index contributed by atoms with van der Waals surface area (Å²) in [5.41, 5.74) is 12.0. The summed E-state index contributed by atoms with van der Waals surface area (Å²) in [4.78, 5) is 12.5. The lowest BCUT2D eigenvalue weighted by atomic mass is 9.80. The van der Waals surface area contributed by atoms with Gasteiger partial charge in [0.05, 0.1) is 0 Å². The molecule has 0 radical (unpaired) electrons. The highest BCUT2D eigenvalue weighted by Gasteiger charge is 2.42. The number of ketones is 1. The van der Waals surface area contributed by atoms with E-state index in [2.05, 4.69) is 60.7 Å². The van der Waals surface area contributed by atoms with Crippen LogP contribution in [0.2, 0.25) is 0 Å². The summed E-state index contributed by atoms with van der Waals surface area (Å²) in [6.45, 7) is -0.374. The van der Waals surface area contributed by atoms with E-state index in [-0.39, 0.29) is 18.3 Å². The molecule has 14 aromatic rings. The van der Waals surface area contributed by atoms with E-state index in [1.165, 1.54) is 76.3 Å². The van der Waals surface area contributed by atoms with Gasteiger partial charge in [0.2, 0.25) is 0 Å². The van der Waals surface area contributed by atoms with Gasteiger partial charge in [-0.05, 0) is 218 Å². The van der Waals surface area contributed by atoms with Crippen LogP contribution in [0.1, 0.15) is 69.7 Å². The summed E-state index contributed by atoms with van der Waals surface area (Å²) < 4.78 is 0. The summed E-state index contributed by atoms with van der Waals surface area (Å²) in [6, 6.07) is 24.1. The molecule has 2 nitrogen and oxygen atoms in total. The van der Waals surface area contributed by atoms with Gasteiger partial charge in [0.25, 0.3) is 0 Å². The Hall–Kier alpha value is -5.83. The number of hydrogen-bond donors (Lipinski definition) is 1. The van der Waals surface area contributed by atoms with Crippen molar-refractivity contribution in [2.75, 3.05) is 6.61 Å². The first-order chi connectivity index (χ1) is 26.2. The van der Waals surface area contributed by atoms with Gasteiger partial charge in [0.15, 0.2) is 5.78 Å². The Morgan fingerprint density at radius 2 is 0.925 bits per heavy atom. The molecular formula is C51H26O2. The third-order valence-corrected chi connectivity index (χ3v) is 15.5. The molecule has 0 fully saturated rings. The van der Waals surface area contributed by atoms with E-state index < -0.39 is 0 Å². The monoisotopic (exact) mass is 670 g/mol. The predicted octanol–water partition coefficient (Wildman–Crippen LogP) is 12.0. The van der Waals surface area contributed by atoms with Gasteiger partial charge in [0.1, 0.15) is 6.61 Å². The van der Waals surface area contributed by atoms with Gasteiger partial charge >= 0.3 is 0 Å². The van der Waals surface area contributed by atoms with E-state index in [0.717, 1.165) is 32.1 Å². The Morgan fingerprint density at radius 3 is 1.53 bits per heavy atom. The van der Waals surface area contributed by atoms with Crippen molar-refractivity contribution < 1.29 is 9.90 Å². The lowest BCUT2D eigenvalue weighted by Crippen LogP contribution is -2.07. The first-order valence-corrected chi connectivity index (χ1v) is 19.6. The molecule has 53 heavy (non-hydrogen) atoms. The zero-order valence-electron chi connectivity index (χ0n) is 28.7. The van der Waals surface area contributed by atoms with Crippen LogP contribution in [0.3, 0.4) is 0 Å². The second kappa shape index (κ2) is 7.36. The summed E-state index contributed by atoms with van der Waals surface area (Å²) in [7, 11) is 0. The minimum atomic E-state index is -0.374. The Morgan fingerprint density at radius 1 is 0.491 bits per heavy atom. The first-order valence-electron chi connectivity index (χ1n) is 19.6. The number of aliphatic hydroxyl groups excluding tert-OH is 1. The van der Waals surface area contributed by atoms with E-state index >= 15 is 0 Å². The third kappa shape index (κ3) is 2.20. The molecule has 0 aliphatic heterocycles. The van der Waals surface area contributed by atoms with Crippen LogP contribution in [-0.2, 0) is 24.1 Å². The Balaban J connectivity index is 1.21. The normalized spacial score (nSPS) is 16.1. The summed E-state index contributed by atoms with van der Waals surface area (Å²) in [6.07, 6.45) is 5.09. The molecule has 3 aliphatic rings. The molecule has 1 N–H and O–H groups in total. The van der Waals surface area contributed by atoms with Crippen LogP contribution in [0.5, 0.6) is 0 Å². The molecule has 14 aromatic carbocycles. The van der Waals surface area contributed by atoms with Crippen molar-refractivity contribution in [3.05, 3.63) is 105 Å². The van der Waals surface area contributed by atoms with Crippen LogP contribution in [0.25, 0.3) is 129 Å². The highest BCUT2D eigenvalue weighted by Crippen LogP contribution is 2.68. The van der Waals surface area contributed by atoms with Crippen molar-refractivity contribution >= 4 is 135 Å². The Bertz CT molecular complexity index is 3960. The quantitative estimate of drug-likeness (QED) is 0.171. The van der Waals surface area contributed by atoms with Crippen molar-refractivity contribution in [3.8, 4) is 0 Å². The second-order valence-corrected chi connectivity index (χ2v) is 17.5. The van der Waals surface area contributed by atoms with Crippen molar-refractivity contribution in [1.29, 1.82) is 0 Å². The standard InChI is InChI=1S/C51H26O2/c52-17-26(53)7-4-8-27(18-5-2-1-3-6-18)37-28-16-25-14-23-11-20-9-19-10-22-12-21-13-24-15-29(37)39-44-33(24)32(21)42-35(22)40-30(19)31(20)41-36(23)43-34(25)38(28)45(39)51-49(43)47(41)46(40)48(42)50(44)51/h1-3,5-6,10-11,13,15-16,27,52H,4,7-9,12,14,17H2. The molecule has 2 heteroatoms. The van der Waals surface area contributed by atoms with E-state index in [4.69, 9.17) is 0 Å². The molecule has 3 aliphatic carbocycles. The maximum atomic E-state index is 12.5. The van der Waals surface area contributed by atoms with Gasteiger partial charge < -0.3 is 5.11 Å². The van der Waals surface area contributed by atoms with E-state index in [9.17, 15) is 9.90 Å². The fraction of sp³-hybridized carbons (Fsp3) is 0.157. The van der Waals surface area contributed by atoms with Gasteiger partial charge in [-0.1, -0.05) is 48.5 Å². The number of hydrogen-bond acceptors (Lipinski definition) is 2. The number of rotatable bonds is 7. The lowest BCUT2D eigenvalue weighted by molar-refractivity contribution is -0.121. The Labute approximate surface area is 300 Å². The maximum Gasteiger partial charge on any atom is 0.158 e. The SMILES string of the molecule is O=C(CO)CCCC(c1ccccc1)c1c2cc3c4c2c2c5c1cc1cc6c7c1c5c1c5c7c7c(cc8c9c%10c(cc(c%11c%10c(c5c97)c(c4%11)c21)C3)C8)C6. The molecule has 0 saturated heterocycles. The second-order valence-electron chi connectivity index (χ2n) is 17.5. The fourth-order valence-corrected chi connectivity index (χ4v) is 14.2. The van der Waals surface area contributed by atoms with Gasteiger partial charge in [-0.15, -0.1) is 0 Å². The zero-order chi connectivity index (χ0) is 33.7. The van der Waals surface area contributed by atoms with Crippen LogP contribution in [0, 0.1) is 0 Å². The zero-order valence-corrected chi connectivity index (χ0v) is 28.7. The van der Waals surface area contributed by atoms with Crippen LogP contribution in [0.4, 0.5) is 0 Å². The van der Waals surface area contributed by atoms with Crippen LogP contribution in [-0.4, -0.2) is 17.5 Å². The minimum absolute atomic E-state index is 0.0648. The smallest absolute Gasteiger partial charge is 0.158 e. The average molecular weight is 671 g/mol. The van der Waals surface area contributed by atoms with Gasteiger partial charge in [-0.2, -0.15) is 0 Å². The molecule has 0 spiro atoms. The Kier molecular flexibility index (Phi) is 3.50.